The summed E-state index contributed by atoms with van der Waals surface area (Å²) in [5.74, 6) is -4.18. The number of amides is 2. The quantitative estimate of drug-likeness (QED) is 0.898. The van der Waals surface area contributed by atoms with Crippen LogP contribution >= 0.6 is 0 Å². The van der Waals surface area contributed by atoms with Crippen LogP contribution in [0.2, 0.25) is 0 Å². The van der Waals surface area contributed by atoms with Gasteiger partial charge in [0.1, 0.15) is 12.1 Å². The lowest BCUT2D eigenvalue weighted by molar-refractivity contribution is -0.000377. The highest BCUT2D eigenvalue weighted by atomic mass is 19.3. The van der Waals surface area contributed by atoms with Crippen molar-refractivity contribution in [2.75, 3.05) is 11.9 Å². The molecule has 2 N–H and O–H groups in total. The van der Waals surface area contributed by atoms with Gasteiger partial charge in [0.25, 0.3) is 5.92 Å². The molecule has 0 unspecified atom stereocenters. The molecule has 24 heavy (non-hydrogen) atoms. The van der Waals surface area contributed by atoms with Crippen LogP contribution in [0.4, 0.5) is 23.9 Å². The Morgan fingerprint density at radius 3 is 2.58 bits per heavy atom. The fourth-order valence-electron chi connectivity index (χ4n) is 1.80. The number of carbonyl (C=O) groups excluding carboxylic acids is 1. The molecule has 2 aromatic rings. The number of alkyl halides is 2. The van der Waals surface area contributed by atoms with Gasteiger partial charge in [0.05, 0.1) is 12.1 Å². The van der Waals surface area contributed by atoms with E-state index in [0.717, 1.165) is 18.2 Å². The lowest BCUT2D eigenvalue weighted by atomic mass is 10.1. The van der Waals surface area contributed by atoms with Crippen LogP contribution in [-0.2, 0) is 11.5 Å². The zero-order chi connectivity index (χ0) is 18.0. The summed E-state index contributed by atoms with van der Waals surface area (Å²) in [6.45, 7) is 4.70. The van der Waals surface area contributed by atoms with Crippen LogP contribution in [0, 0.1) is 5.82 Å². The van der Waals surface area contributed by atoms with Crippen molar-refractivity contribution in [2.24, 2.45) is 0 Å². The molecule has 0 fully saturated rings. The second kappa shape index (κ2) is 6.50. The molecule has 1 aromatic heterocycles. The van der Waals surface area contributed by atoms with E-state index < -0.39 is 29.9 Å². The van der Waals surface area contributed by atoms with Crippen molar-refractivity contribution in [2.45, 2.75) is 32.2 Å². The molecule has 0 radical (unpaired) electrons. The van der Waals surface area contributed by atoms with E-state index in [0.29, 0.717) is 0 Å². The Bertz CT molecular complexity index is 724. The normalized spacial score (nSPS) is 12.1. The smallest absolute Gasteiger partial charge is 0.321 e. The van der Waals surface area contributed by atoms with Crippen LogP contribution in [0.25, 0.3) is 0 Å². The summed E-state index contributed by atoms with van der Waals surface area (Å²) in [6.07, 6.45) is 1.43. The number of hydrogen-bond donors (Lipinski definition) is 2. The lowest BCUT2D eigenvalue weighted by Gasteiger charge is -2.18. The zero-order valence-corrected chi connectivity index (χ0v) is 13.5. The van der Waals surface area contributed by atoms with Crippen molar-refractivity contribution < 1.29 is 18.0 Å². The number of halogens is 3. The van der Waals surface area contributed by atoms with E-state index in [9.17, 15) is 18.0 Å². The van der Waals surface area contributed by atoms with Crippen LogP contribution in [0.5, 0.6) is 0 Å². The van der Waals surface area contributed by atoms with E-state index in [-0.39, 0.29) is 11.5 Å². The maximum Gasteiger partial charge on any atom is 0.321 e. The van der Waals surface area contributed by atoms with Crippen LogP contribution < -0.4 is 10.6 Å². The van der Waals surface area contributed by atoms with E-state index in [1.54, 1.807) is 0 Å². The van der Waals surface area contributed by atoms with Gasteiger partial charge in [-0.3, -0.25) is 5.32 Å². The maximum atomic E-state index is 14.0. The minimum atomic E-state index is -3.41. The molecule has 9 heteroatoms. The summed E-state index contributed by atoms with van der Waals surface area (Å²) in [5.41, 5.74) is -0.841. The highest BCUT2D eigenvalue weighted by Crippen LogP contribution is 2.27. The van der Waals surface area contributed by atoms with Gasteiger partial charge in [-0.25, -0.2) is 18.9 Å². The third kappa shape index (κ3) is 4.46. The second-order valence-electron chi connectivity index (χ2n) is 6.21. The van der Waals surface area contributed by atoms with Crippen molar-refractivity contribution in [3.63, 3.8) is 0 Å². The molecule has 1 aromatic carbocycles. The highest BCUT2D eigenvalue weighted by Gasteiger charge is 2.32. The van der Waals surface area contributed by atoms with E-state index in [2.05, 4.69) is 15.4 Å². The number of nitrogens with zero attached hydrogens (tertiary/aromatic N) is 3. The number of rotatable bonds is 4. The Hall–Kier alpha value is -2.58. The third-order valence-corrected chi connectivity index (χ3v) is 3.12. The molecule has 0 aliphatic heterocycles. The first kappa shape index (κ1) is 17.8. The van der Waals surface area contributed by atoms with Crippen LogP contribution in [0.15, 0.2) is 30.6 Å². The Labute approximate surface area is 137 Å². The highest BCUT2D eigenvalue weighted by molar-refractivity contribution is 5.87. The first-order valence-corrected chi connectivity index (χ1v) is 7.19. The van der Waals surface area contributed by atoms with Gasteiger partial charge in [0.15, 0.2) is 0 Å². The first-order chi connectivity index (χ1) is 11.1. The van der Waals surface area contributed by atoms with Gasteiger partial charge in [-0.2, -0.15) is 8.78 Å². The molecule has 1 heterocycles. The number of nitrogens with one attached hydrogen (secondary N) is 2. The molecule has 0 spiro atoms. The van der Waals surface area contributed by atoms with Gasteiger partial charge in [0.2, 0.25) is 5.95 Å². The molecule has 6 nitrogen and oxygen atoms in total. The van der Waals surface area contributed by atoms with E-state index in [1.807, 2.05) is 26.1 Å². The Balaban J connectivity index is 1.94. The average Bonchev–Trinajstić information content (AvgIpc) is 2.94. The number of anilines is 1. The number of hydrogen-bond acceptors (Lipinski definition) is 3. The minimum absolute atomic E-state index is 0.00324. The van der Waals surface area contributed by atoms with Crippen LogP contribution in [0.1, 0.15) is 26.3 Å². The van der Waals surface area contributed by atoms with Gasteiger partial charge in [0, 0.05) is 5.56 Å². The zero-order valence-electron chi connectivity index (χ0n) is 13.5. The summed E-state index contributed by atoms with van der Waals surface area (Å²) in [7, 11) is 0. The third-order valence-electron chi connectivity index (χ3n) is 3.12. The molecule has 0 bridgehead atoms. The van der Waals surface area contributed by atoms with Crippen molar-refractivity contribution >= 4 is 12.0 Å². The van der Waals surface area contributed by atoms with E-state index in [1.165, 1.54) is 17.1 Å². The lowest BCUT2D eigenvalue weighted by Crippen LogP contribution is -2.37. The average molecular weight is 341 g/mol. The van der Waals surface area contributed by atoms with Gasteiger partial charge in [-0.15, -0.1) is 5.10 Å². The predicted octanol–water partition coefficient (Wildman–Crippen LogP) is 3.09. The first-order valence-electron chi connectivity index (χ1n) is 7.19. The van der Waals surface area contributed by atoms with Gasteiger partial charge < -0.3 is 5.32 Å². The summed E-state index contributed by atoms with van der Waals surface area (Å²) < 4.78 is 42.5. The SMILES string of the molecule is CC(C)(C)n1cnc(NC(=O)NCC(F)(F)c2cccc(F)c2)n1. The minimum Gasteiger partial charge on any atom is -0.331 e. The monoisotopic (exact) mass is 341 g/mol. The predicted molar refractivity (Wildman–Crippen MR) is 82.3 cm³/mol. The van der Waals surface area contributed by atoms with Crippen molar-refractivity contribution in [1.29, 1.82) is 0 Å². The standard InChI is InChI=1S/C15H18F3N5O/c1-14(2,3)23-9-20-12(22-23)21-13(24)19-8-15(17,18)10-5-4-6-11(16)7-10/h4-7,9H,8H2,1-3H3,(H2,19,21,22,24). The number of carbonyl (C=O) groups is 1. The van der Waals surface area contributed by atoms with Crippen molar-refractivity contribution in [3.8, 4) is 0 Å². The summed E-state index contributed by atoms with van der Waals surface area (Å²) in [4.78, 5) is 15.6. The Morgan fingerprint density at radius 2 is 2.00 bits per heavy atom. The molecule has 0 aliphatic rings. The van der Waals surface area contributed by atoms with Gasteiger partial charge in [-0.1, -0.05) is 12.1 Å². The van der Waals surface area contributed by atoms with Crippen molar-refractivity contribution in [3.05, 3.63) is 42.0 Å². The molecular formula is C15H18F3N5O. The molecule has 0 saturated carbocycles. The molecule has 2 rings (SSSR count). The maximum absolute atomic E-state index is 14.0. The summed E-state index contributed by atoms with van der Waals surface area (Å²) in [5, 5.41) is 8.33. The van der Waals surface area contributed by atoms with E-state index >= 15 is 0 Å². The fourth-order valence-corrected chi connectivity index (χ4v) is 1.80. The molecule has 2 amide bonds. The largest absolute Gasteiger partial charge is 0.331 e. The van der Waals surface area contributed by atoms with E-state index in [4.69, 9.17) is 0 Å². The second-order valence-corrected chi connectivity index (χ2v) is 6.21. The Kier molecular flexibility index (Phi) is 4.81. The molecular weight excluding hydrogens is 323 g/mol. The number of benzene rings is 1. The fraction of sp³-hybridized carbons (Fsp3) is 0.400. The summed E-state index contributed by atoms with van der Waals surface area (Å²) >= 11 is 0. The number of urea groups is 1. The Morgan fingerprint density at radius 1 is 1.29 bits per heavy atom. The molecule has 0 atom stereocenters. The summed E-state index contributed by atoms with van der Waals surface area (Å²) in [6, 6.07) is 3.19. The molecule has 0 saturated heterocycles. The molecule has 130 valence electrons. The molecule has 0 aliphatic carbocycles. The topological polar surface area (TPSA) is 71.8 Å². The van der Waals surface area contributed by atoms with Gasteiger partial charge >= 0.3 is 6.03 Å². The number of aromatic nitrogens is 3. The van der Waals surface area contributed by atoms with Gasteiger partial charge in [-0.05, 0) is 32.9 Å². The van der Waals surface area contributed by atoms with Crippen LogP contribution in [-0.4, -0.2) is 27.3 Å². The van der Waals surface area contributed by atoms with Crippen molar-refractivity contribution in [1.82, 2.24) is 20.1 Å². The van der Waals surface area contributed by atoms with Crippen LogP contribution in [0.3, 0.4) is 0 Å².